The summed E-state index contributed by atoms with van der Waals surface area (Å²) in [7, 11) is 4.28. The van der Waals surface area contributed by atoms with Crippen LogP contribution in [0.2, 0.25) is 0 Å². The van der Waals surface area contributed by atoms with Crippen molar-refractivity contribution in [2.75, 3.05) is 27.9 Å². The van der Waals surface area contributed by atoms with Crippen LogP contribution in [0.1, 0.15) is 151 Å². The van der Waals surface area contributed by atoms with Crippen LogP contribution in [0.25, 0.3) is 0 Å². The number of ether oxygens (including phenoxy) is 3. The van der Waals surface area contributed by atoms with Gasteiger partial charge in [0.2, 0.25) is 6.29 Å². The minimum Gasteiger partial charge on any atom is -0.497 e. The highest BCUT2D eigenvalue weighted by molar-refractivity contribution is 5.56. The van der Waals surface area contributed by atoms with E-state index in [-0.39, 0.29) is 6.10 Å². The number of rotatable bonds is 17. The molecule has 0 amide bonds. The fourth-order valence-electron chi connectivity index (χ4n) is 3.84. The zero-order chi connectivity index (χ0) is 41.2. The van der Waals surface area contributed by atoms with E-state index < -0.39 is 12.5 Å². The van der Waals surface area contributed by atoms with Gasteiger partial charge in [0.15, 0.2) is 0 Å². The molecule has 1 unspecified atom stereocenters. The Hall–Kier alpha value is -3.04. The summed E-state index contributed by atoms with van der Waals surface area (Å²) >= 11 is 0. The largest absolute Gasteiger partial charge is 0.497 e. The first kappa shape index (κ1) is 58.3. The second-order valence-corrected chi connectivity index (χ2v) is 11.7. The molecule has 0 radical (unpaired) electrons. The lowest BCUT2D eigenvalue weighted by molar-refractivity contribution is -0.156. The number of unbranched alkanes of at least 4 members (excludes halogenated alkanes) is 4. The molecule has 2 aromatic carbocycles. The van der Waals surface area contributed by atoms with Crippen LogP contribution < -0.4 is 14.2 Å². The Kier molecular flexibility index (Phi) is 49.4. The highest BCUT2D eigenvalue weighted by Gasteiger charge is 2.24. The quantitative estimate of drug-likeness (QED) is 0.0952. The van der Waals surface area contributed by atoms with E-state index in [0.29, 0.717) is 0 Å². The van der Waals surface area contributed by atoms with Crippen LogP contribution in [-0.2, 0) is 4.79 Å². The molecule has 0 saturated heterocycles. The molecular formula is C43H77F3O6. The van der Waals surface area contributed by atoms with Gasteiger partial charge in [0.05, 0.1) is 26.9 Å². The Morgan fingerprint density at radius 2 is 1.19 bits per heavy atom. The van der Waals surface area contributed by atoms with Crippen molar-refractivity contribution in [2.45, 2.75) is 152 Å². The molecule has 306 valence electrons. The van der Waals surface area contributed by atoms with E-state index >= 15 is 0 Å². The topological polar surface area (TPSA) is 85.2 Å². The maximum atomic E-state index is 10.4. The van der Waals surface area contributed by atoms with Crippen molar-refractivity contribution in [1.29, 1.82) is 0 Å². The fourth-order valence-corrected chi connectivity index (χ4v) is 3.84. The predicted molar refractivity (Wildman–Crippen MR) is 216 cm³/mol. The number of aliphatic hydroxyl groups is 2. The van der Waals surface area contributed by atoms with Crippen LogP contribution >= 0.6 is 0 Å². The predicted octanol–water partition coefficient (Wildman–Crippen LogP) is 13.2. The smallest absolute Gasteiger partial charge is 0.446 e. The molecule has 0 bridgehead atoms. The molecule has 0 aliphatic rings. The number of methoxy groups -OCH3 is 2. The number of aldehydes is 1. The monoisotopic (exact) mass is 747 g/mol. The average molecular weight is 747 g/mol. The van der Waals surface area contributed by atoms with E-state index in [4.69, 9.17) is 24.1 Å². The highest BCUT2D eigenvalue weighted by Crippen LogP contribution is 2.21. The summed E-state index contributed by atoms with van der Waals surface area (Å²) in [5.74, 6) is 3.55. The Morgan fingerprint density at radius 3 is 1.50 bits per heavy atom. The third-order valence-electron chi connectivity index (χ3n) is 6.95. The van der Waals surface area contributed by atoms with Crippen LogP contribution in [0.5, 0.6) is 17.2 Å². The second-order valence-electron chi connectivity index (χ2n) is 11.7. The Bertz CT molecular complexity index is 957. The van der Waals surface area contributed by atoms with Gasteiger partial charge in [-0.2, -0.15) is 13.2 Å². The lowest BCUT2D eigenvalue weighted by Gasteiger charge is -2.11. The molecule has 2 aromatic rings. The van der Waals surface area contributed by atoms with Crippen LogP contribution in [0.15, 0.2) is 60.7 Å². The summed E-state index contributed by atoms with van der Waals surface area (Å²) in [5, 5.41) is 16.8. The Morgan fingerprint density at radius 1 is 0.750 bits per heavy atom. The standard InChI is InChI=1S/C16H26O2.C8H10O2.C8H18.C6H12.C2HF3O.C2H6.CH4O/c1-3-5-6-7-13-18-15-11-9-14(10-12-15)16(17)8-4-2;1-9-7-3-5-8(10-2)6-4-7;1-4-6-7-8(3)5-2;1-4-5-6(2)3;3-2(4,5)1-6;2*1-2/h9-12,16-17H,3-8,13H2,1-2H3;3-6H,1-2H3;8H,4-7H2,1-3H3;2,4-5H2,1,3H3;1H;1-2H3;2H,1H3/t16-;;;;;;/m0....../s1. The molecular weight excluding hydrogens is 669 g/mol. The first-order valence-corrected chi connectivity index (χ1v) is 19.0. The van der Waals surface area contributed by atoms with Crippen LogP contribution in [0.3, 0.4) is 0 Å². The summed E-state index contributed by atoms with van der Waals surface area (Å²) in [5.41, 5.74) is 2.27. The molecule has 2 rings (SSSR count). The van der Waals surface area contributed by atoms with Gasteiger partial charge in [-0.15, -0.1) is 6.58 Å². The van der Waals surface area contributed by atoms with Crippen LogP contribution in [0.4, 0.5) is 13.2 Å². The van der Waals surface area contributed by atoms with Gasteiger partial charge in [-0.1, -0.05) is 131 Å². The average Bonchev–Trinajstić information content (AvgIpc) is 3.16. The lowest BCUT2D eigenvalue weighted by atomic mass is 10.0. The van der Waals surface area contributed by atoms with Crippen LogP contribution in [-0.4, -0.2) is 50.6 Å². The number of carbonyl (C=O) groups excluding carboxylic acids is 1. The summed E-state index contributed by atoms with van der Waals surface area (Å²) < 4.78 is 46.8. The van der Waals surface area contributed by atoms with Crippen LogP contribution in [0, 0.1) is 5.92 Å². The van der Waals surface area contributed by atoms with Gasteiger partial charge in [-0.3, -0.25) is 4.79 Å². The molecule has 2 atom stereocenters. The van der Waals surface area contributed by atoms with Gasteiger partial charge in [0, 0.05) is 7.11 Å². The van der Waals surface area contributed by atoms with Crippen molar-refractivity contribution in [3.8, 4) is 17.2 Å². The summed E-state index contributed by atoms with van der Waals surface area (Å²) in [6.07, 6.45) is 8.62. The van der Waals surface area contributed by atoms with Crippen molar-refractivity contribution in [3.05, 3.63) is 66.2 Å². The number of hydrogen-bond acceptors (Lipinski definition) is 6. The zero-order valence-corrected chi connectivity index (χ0v) is 34.9. The van der Waals surface area contributed by atoms with Gasteiger partial charge < -0.3 is 24.4 Å². The molecule has 0 heterocycles. The molecule has 0 aromatic heterocycles. The van der Waals surface area contributed by atoms with E-state index in [1.165, 1.54) is 63.4 Å². The molecule has 0 aliphatic heterocycles. The number of allylic oxidation sites excluding steroid dienone is 1. The minimum absolute atomic E-state index is 0.339. The first-order chi connectivity index (χ1) is 24.8. The lowest BCUT2D eigenvalue weighted by Crippen LogP contribution is -2.07. The zero-order valence-electron chi connectivity index (χ0n) is 34.9. The SMILES string of the molecule is C=C(C)CCC.CC.CCCCC(C)CC.CCCCCCOc1ccc([C@@H](O)CCC)cc1.CO.COc1ccc(OC)cc1.O=CC(F)(F)F. The summed E-state index contributed by atoms with van der Waals surface area (Å²) in [6.45, 7) is 23.9. The Labute approximate surface area is 317 Å². The van der Waals surface area contributed by atoms with Gasteiger partial charge >= 0.3 is 6.18 Å². The minimum atomic E-state index is -4.64. The van der Waals surface area contributed by atoms with Gasteiger partial charge in [-0.05, 0) is 74.1 Å². The molecule has 2 N–H and O–H groups in total. The molecule has 0 spiro atoms. The normalized spacial score (nSPS) is 10.6. The Balaban J connectivity index is -0.000000185. The third-order valence-corrected chi connectivity index (χ3v) is 6.95. The van der Waals surface area contributed by atoms with E-state index in [0.717, 1.165) is 61.7 Å². The maximum Gasteiger partial charge on any atom is 0.446 e. The van der Waals surface area contributed by atoms with E-state index in [1.54, 1.807) is 14.2 Å². The molecule has 0 saturated carbocycles. The number of halogens is 3. The van der Waals surface area contributed by atoms with Crippen molar-refractivity contribution in [1.82, 2.24) is 0 Å². The molecule has 52 heavy (non-hydrogen) atoms. The van der Waals surface area contributed by atoms with Crippen molar-refractivity contribution >= 4 is 6.29 Å². The molecule has 0 aliphatic carbocycles. The molecule has 9 heteroatoms. The third kappa shape index (κ3) is 45.0. The number of aliphatic hydroxyl groups excluding tert-OH is 2. The highest BCUT2D eigenvalue weighted by atomic mass is 19.4. The van der Waals surface area contributed by atoms with Crippen molar-refractivity contribution in [3.63, 3.8) is 0 Å². The van der Waals surface area contributed by atoms with Crippen molar-refractivity contribution < 1.29 is 42.4 Å². The number of alkyl halides is 3. The number of hydrogen-bond donors (Lipinski definition) is 2. The number of benzene rings is 2. The van der Waals surface area contributed by atoms with E-state index in [1.807, 2.05) is 62.4 Å². The second kappa shape index (κ2) is 44.1. The van der Waals surface area contributed by atoms with Gasteiger partial charge in [-0.25, -0.2) is 0 Å². The van der Waals surface area contributed by atoms with E-state index in [9.17, 15) is 18.3 Å². The number of carbonyl (C=O) groups is 1. The molecule has 0 fully saturated rings. The summed E-state index contributed by atoms with van der Waals surface area (Å²) in [6, 6.07) is 15.3. The maximum absolute atomic E-state index is 10.4. The van der Waals surface area contributed by atoms with Gasteiger partial charge in [0.25, 0.3) is 0 Å². The van der Waals surface area contributed by atoms with E-state index in [2.05, 4.69) is 55.0 Å². The van der Waals surface area contributed by atoms with Crippen molar-refractivity contribution in [2.24, 2.45) is 5.92 Å². The molecule has 6 nitrogen and oxygen atoms in total. The fraction of sp³-hybridized carbons (Fsp3) is 0.651. The van der Waals surface area contributed by atoms with Gasteiger partial charge in [0.1, 0.15) is 17.2 Å². The summed E-state index contributed by atoms with van der Waals surface area (Å²) in [4.78, 5) is 8.70. The first-order valence-electron chi connectivity index (χ1n) is 19.0.